The van der Waals surface area contributed by atoms with Crippen molar-refractivity contribution < 1.29 is 27.4 Å². The van der Waals surface area contributed by atoms with E-state index in [0.717, 1.165) is 0 Å². The van der Waals surface area contributed by atoms with Gasteiger partial charge in [-0.05, 0) is 0 Å². The summed E-state index contributed by atoms with van der Waals surface area (Å²) >= 11 is 0. The molecule has 0 aromatic heterocycles. The lowest BCUT2D eigenvalue weighted by atomic mass is 10.5. The number of hydrogen-bond donors (Lipinski definition) is 2. The standard InChI is InChI=1S/C5H11NO5S/c1-6(2,3)4(5(7)8)12(9,10)11/h4H,1-3H3,(H-,7,8,9,10,11)/p+1. The van der Waals surface area contributed by atoms with Crippen molar-refractivity contribution in [2.75, 3.05) is 21.1 Å². The predicted octanol–water partition coefficient (Wildman–Crippen LogP) is -1.01. The molecule has 0 spiro atoms. The van der Waals surface area contributed by atoms with Gasteiger partial charge in [-0.2, -0.15) is 8.42 Å². The first-order valence-corrected chi connectivity index (χ1v) is 4.57. The molecule has 0 fully saturated rings. The number of carboxylic acids is 1. The summed E-state index contributed by atoms with van der Waals surface area (Å²) in [6.45, 7) is 0. The van der Waals surface area contributed by atoms with Crippen LogP contribution in [0.4, 0.5) is 0 Å². The van der Waals surface area contributed by atoms with E-state index in [1.165, 1.54) is 21.1 Å². The Hall–Kier alpha value is -0.660. The van der Waals surface area contributed by atoms with E-state index < -0.39 is 21.5 Å². The average molecular weight is 198 g/mol. The maximum Gasteiger partial charge on any atom is 0.381 e. The number of aliphatic carboxylic acids is 1. The first-order chi connectivity index (χ1) is 5.07. The van der Waals surface area contributed by atoms with Crippen molar-refractivity contribution in [3.05, 3.63) is 0 Å². The largest absolute Gasteiger partial charge is 0.476 e. The van der Waals surface area contributed by atoms with Gasteiger partial charge in [-0.25, -0.2) is 4.79 Å². The number of hydrogen-bond acceptors (Lipinski definition) is 3. The van der Waals surface area contributed by atoms with Crippen molar-refractivity contribution in [2.45, 2.75) is 5.37 Å². The second-order valence-corrected chi connectivity index (χ2v) is 4.80. The van der Waals surface area contributed by atoms with Crippen LogP contribution in [0, 0.1) is 0 Å². The van der Waals surface area contributed by atoms with Crippen molar-refractivity contribution in [1.82, 2.24) is 0 Å². The molecule has 0 radical (unpaired) electrons. The Labute approximate surface area is 70.8 Å². The molecule has 0 amide bonds. The molecule has 6 nitrogen and oxygen atoms in total. The highest BCUT2D eigenvalue weighted by Gasteiger charge is 2.42. The molecule has 72 valence electrons. The Kier molecular flexibility index (Phi) is 2.83. The summed E-state index contributed by atoms with van der Waals surface area (Å²) in [5.41, 5.74) is 0. The second-order valence-electron chi connectivity index (χ2n) is 3.32. The first-order valence-electron chi connectivity index (χ1n) is 3.07. The fraction of sp³-hybridized carbons (Fsp3) is 0.800. The van der Waals surface area contributed by atoms with Gasteiger partial charge in [0.15, 0.2) is 0 Å². The fourth-order valence-corrected chi connectivity index (χ4v) is 1.91. The van der Waals surface area contributed by atoms with Gasteiger partial charge in [0.25, 0.3) is 0 Å². The summed E-state index contributed by atoms with van der Waals surface area (Å²) in [6, 6.07) is 0. The molecule has 2 N–H and O–H groups in total. The highest BCUT2D eigenvalue weighted by atomic mass is 32.2. The lowest BCUT2D eigenvalue weighted by molar-refractivity contribution is -0.873. The lowest BCUT2D eigenvalue weighted by Crippen LogP contribution is -2.54. The highest BCUT2D eigenvalue weighted by molar-refractivity contribution is 7.87. The predicted molar refractivity (Wildman–Crippen MR) is 41.0 cm³/mol. The van der Waals surface area contributed by atoms with E-state index in [2.05, 4.69) is 0 Å². The van der Waals surface area contributed by atoms with Crippen LogP contribution >= 0.6 is 0 Å². The molecule has 0 rings (SSSR count). The van der Waals surface area contributed by atoms with Gasteiger partial charge < -0.3 is 9.59 Å². The van der Waals surface area contributed by atoms with Crippen LogP contribution in [0.25, 0.3) is 0 Å². The monoisotopic (exact) mass is 198 g/mol. The zero-order valence-electron chi connectivity index (χ0n) is 7.05. The van der Waals surface area contributed by atoms with Crippen LogP contribution in [0.15, 0.2) is 0 Å². The summed E-state index contributed by atoms with van der Waals surface area (Å²) < 4.78 is 29.3. The maximum absolute atomic E-state index is 10.6. The summed E-state index contributed by atoms with van der Waals surface area (Å²) in [5.74, 6) is -1.56. The lowest BCUT2D eigenvalue weighted by Gasteiger charge is -2.28. The van der Waals surface area contributed by atoms with Gasteiger partial charge in [-0.3, -0.25) is 4.55 Å². The van der Waals surface area contributed by atoms with E-state index in [-0.39, 0.29) is 4.48 Å². The highest BCUT2D eigenvalue weighted by Crippen LogP contribution is 2.09. The molecule has 0 bridgehead atoms. The number of nitrogens with zero attached hydrogens (tertiary/aromatic N) is 1. The Morgan fingerprint density at radius 1 is 1.33 bits per heavy atom. The van der Waals surface area contributed by atoms with E-state index in [9.17, 15) is 13.2 Å². The molecule has 12 heavy (non-hydrogen) atoms. The van der Waals surface area contributed by atoms with E-state index >= 15 is 0 Å². The summed E-state index contributed by atoms with van der Waals surface area (Å²) in [5, 5.41) is 6.65. The first kappa shape index (κ1) is 11.3. The van der Waals surface area contributed by atoms with Crippen LogP contribution < -0.4 is 0 Å². The third kappa shape index (κ3) is 2.76. The topological polar surface area (TPSA) is 91.7 Å². The minimum absolute atomic E-state index is 0.381. The van der Waals surface area contributed by atoms with Gasteiger partial charge in [-0.15, -0.1) is 0 Å². The summed E-state index contributed by atoms with van der Waals surface area (Å²) in [7, 11) is -0.446. The third-order valence-electron chi connectivity index (χ3n) is 1.20. The van der Waals surface area contributed by atoms with Crippen LogP contribution in [0.3, 0.4) is 0 Å². The molecular weight excluding hydrogens is 186 g/mol. The molecule has 0 aliphatic carbocycles. The molecule has 0 saturated heterocycles. The molecule has 1 atom stereocenters. The van der Waals surface area contributed by atoms with Crippen LogP contribution in [0.2, 0.25) is 0 Å². The second kappa shape index (κ2) is 3.00. The molecule has 0 aliphatic rings. The van der Waals surface area contributed by atoms with Crippen molar-refractivity contribution in [3.8, 4) is 0 Å². The average Bonchev–Trinajstić information content (AvgIpc) is 1.49. The van der Waals surface area contributed by atoms with E-state index in [1.54, 1.807) is 0 Å². The van der Waals surface area contributed by atoms with Gasteiger partial charge in [0.2, 0.25) is 0 Å². The van der Waals surface area contributed by atoms with Crippen molar-refractivity contribution in [1.29, 1.82) is 0 Å². The third-order valence-corrected chi connectivity index (χ3v) is 2.60. The normalized spacial score (nSPS) is 15.7. The minimum Gasteiger partial charge on any atom is -0.476 e. The number of likely N-dealkylation sites (N-methyl/N-ethyl adjacent to an activating group) is 1. The van der Waals surface area contributed by atoms with Crippen LogP contribution in [0.5, 0.6) is 0 Å². The van der Waals surface area contributed by atoms with E-state index in [4.69, 9.17) is 9.66 Å². The number of carboxylic acid groups (broad SMARTS) is 1. The summed E-state index contributed by atoms with van der Waals surface area (Å²) in [6.07, 6.45) is 0. The van der Waals surface area contributed by atoms with Gasteiger partial charge in [0, 0.05) is 0 Å². The Bertz CT molecular complexity index is 275. The smallest absolute Gasteiger partial charge is 0.381 e. The van der Waals surface area contributed by atoms with Gasteiger partial charge in [0.1, 0.15) is 0 Å². The molecule has 0 aromatic rings. The molecule has 0 heterocycles. The van der Waals surface area contributed by atoms with E-state index in [0.29, 0.717) is 0 Å². The van der Waals surface area contributed by atoms with Crippen LogP contribution in [-0.2, 0) is 14.9 Å². The number of carbonyl (C=O) groups is 1. The Balaban J connectivity index is 5.11. The Morgan fingerprint density at radius 3 is 1.67 bits per heavy atom. The molecule has 0 aromatic carbocycles. The molecule has 0 saturated carbocycles. The van der Waals surface area contributed by atoms with E-state index in [1.807, 2.05) is 0 Å². The van der Waals surface area contributed by atoms with Gasteiger partial charge >= 0.3 is 21.5 Å². The summed E-state index contributed by atoms with van der Waals surface area (Å²) in [4.78, 5) is 10.4. The quantitative estimate of drug-likeness (QED) is 0.448. The Morgan fingerprint density at radius 2 is 1.67 bits per heavy atom. The van der Waals surface area contributed by atoms with Gasteiger partial charge in [-0.1, -0.05) is 0 Å². The molecule has 1 unspecified atom stereocenters. The van der Waals surface area contributed by atoms with Crippen molar-refractivity contribution in [2.24, 2.45) is 0 Å². The fourth-order valence-electron chi connectivity index (χ4n) is 0.858. The van der Waals surface area contributed by atoms with Crippen molar-refractivity contribution in [3.63, 3.8) is 0 Å². The zero-order valence-corrected chi connectivity index (χ0v) is 7.87. The van der Waals surface area contributed by atoms with Gasteiger partial charge in [0.05, 0.1) is 21.1 Å². The molecular formula is C5H12NO5S+. The zero-order chi connectivity index (χ0) is 10.2. The van der Waals surface area contributed by atoms with Crippen LogP contribution in [0.1, 0.15) is 0 Å². The van der Waals surface area contributed by atoms with Crippen LogP contribution in [-0.4, -0.2) is 55.0 Å². The number of rotatable bonds is 3. The van der Waals surface area contributed by atoms with Crippen molar-refractivity contribution >= 4 is 16.1 Å². The molecule has 7 heteroatoms. The molecule has 0 aliphatic heterocycles. The minimum atomic E-state index is -4.55. The maximum atomic E-state index is 10.6. The SMILES string of the molecule is C[N+](C)(C)C(C(=O)O)S(=O)(=O)O. The number of quaternary nitrogens is 1.